The monoisotopic (exact) mass is 260 g/mol. The molecule has 0 bridgehead atoms. The molecule has 0 spiro atoms. The lowest BCUT2D eigenvalue weighted by atomic mass is 9.97. The van der Waals surface area contributed by atoms with E-state index in [-0.39, 0.29) is 12.0 Å². The van der Waals surface area contributed by atoms with Gasteiger partial charge >= 0.3 is 6.18 Å². The zero-order chi connectivity index (χ0) is 13.9. The second-order valence-electron chi connectivity index (χ2n) is 3.76. The van der Waals surface area contributed by atoms with E-state index in [9.17, 15) is 22.8 Å². The molecule has 0 atom stereocenters. The average Bonchev–Trinajstić information content (AvgIpc) is 2.24. The molecular weight excluding hydrogens is 249 g/mol. The van der Waals surface area contributed by atoms with E-state index in [0.717, 1.165) is 12.1 Å². The molecule has 0 heterocycles. The van der Waals surface area contributed by atoms with Crippen molar-refractivity contribution in [2.75, 3.05) is 0 Å². The Morgan fingerprint density at radius 3 is 2.17 bits per heavy atom. The molecule has 0 aliphatic carbocycles. The number of hydrogen-bond acceptors (Lipinski definition) is 2. The Bertz CT molecular complexity index is 458. The molecule has 0 radical (unpaired) electrons. The fraction of sp³-hybridized carbons (Fsp3) is 0.273. The van der Waals surface area contributed by atoms with Crippen LogP contribution in [0.5, 0.6) is 0 Å². The number of hydrogen-bond donors (Lipinski definition) is 2. The lowest BCUT2D eigenvalue weighted by Crippen LogP contribution is -2.36. The van der Waals surface area contributed by atoms with Gasteiger partial charge in [0.05, 0.1) is 5.56 Å². The van der Waals surface area contributed by atoms with Crippen LogP contribution in [0, 0.1) is 5.92 Å². The third kappa shape index (κ3) is 3.47. The van der Waals surface area contributed by atoms with Crippen molar-refractivity contribution >= 4 is 11.8 Å². The maximum Gasteiger partial charge on any atom is 0.416 e. The van der Waals surface area contributed by atoms with Gasteiger partial charge in [0.25, 0.3) is 0 Å². The highest BCUT2D eigenvalue weighted by Gasteiger charge is 2.31. The fourth-order valence-corrected chi connectivity index (χ4v) is 1.45. The topological polar surface area (TPSA) is 86.2 Å². The average molecular weight is 260 g/mol. The highest BCUT2D eigenvalue weighted by Crippen LogP contribution is 2.29. The summed E-state index contributed by atoms with van der Waals surface area (Å²) in [5.74, 6) is -3.23. The summed E-state index contributed by atoms with van der Waals surface area (Å²) < 4.78 is 37.3. The first-order valence-electron chi connectivity index (χ1n) is 4.96. The summed E-state index contributed by atoms with van der Waals surface area (Å²) in [6.07, 6.45) is -4.72. The number of carbonyl (C=O) groups excluding carboxylic acids is 2. The van der Waals surface area contributed by atoms with Crippen molar-refractivity contribution in [3.8, 4) is 0 Å². The van der Waals surface area contributed by atoms with Gasteiger partial charge in [0.1, 0.15) is 5.92 Å². The minimum absolute atomic E-state index is 0.174. The third-order valence-corrected chi connectivity index (χ3v) is 2.38. The maximum atomic E-state index is 12.4. The second-order valence-corrected chi connectivity index (χ2v) is 3.76. The Kier molecular flexibility index (Phi) is 3.95. The number of primary amides is 2. The molecule has 1 aromatic carbocycles. The van der Waals surface area contributed by atoms with E-state index >= 15 is 0 Å². The van der Waals surface area contributed by atoms with Crippen molar-refractivity contribution in [3.05, 3.63) is 35.4 Å². The molecule has 98 valence electrons. The number of amides is 2. The molecular formula is C11H11F3N2O2. The summed E-state index contributed by atoms with van der Waals surface area (Å²) in [6, 6.07) is 4.32. The molecule has 1 aromatic rings. The van der Waals surface area contributed by atoms with E-state index in [0.29, 0.717) is 0 Å². The minimum atomic E-state index is -4.48. The molecule has 4 N–H and O–H groups in total. The summed E-state index contributed by atoms with van der Waals surface area (Å²) in [5.41, 5.74) is 9.21. The van der Waals surface area contributed by atoms with Crippen molar-refractivity contribution in [1.82, 2.24) is 0 Å². The first kappa shape index (κ1) is 14.0. The Labute approximate surface area is 101 Å². The molecule has 0 saturated carbocycles. The Balaban J connectivity index is 2.98. The number of benzene rings is 1. The molecule has 0 saturated heterocycles. The van der Waals surface area contributed by atoms with E-state index in [1.165, 1.54) is 12.1 Å². The van der Waals surface area contributed by atoms with E-state index in [2.05, 4.69) is 0 Å². The molecule has 0 unspecified atom stereocenters. The minimum Gasteiger partial charge on any atom is -0.369 e. The quantitative estimate of drug-likeness (QED) is 0.786. The molecule has 18 heavy (non-hydrogen) atoms. The van der Waals surface area contributed by atoms with Crippen LogP contribution in [0.4, 0.5) is 13.2 Å². The zero-order valence-electron chi connectivity index (χ0n) is 9.20. The van der Waals surface area contributed by atoms with E-state index in [1.807, 2.05) is 0 Å². The smallest absolute Gasteiger partial charge is 0.369 e. The van der Waals surface area contributed by atoms with Gasteiger partial charge in [-0.2, -0.15) is 13.2 Å². The van der Waals surface area contributed by atoms with Crippen LogP contribution >= 0.6 is 0 Å². The van der Waals surface area contributed by atoms with Crippen LogP contribution in [0.1, 0.15) is 11.1 Å². The van der Waals surface area contributed by atoms with Crippen LogP contribution in [0.15, 0.2) is 24.3 Å². The van der Waals surface area contributed by atoms with Crippen molar-refractivity contribution in [2.24, 2.45) is 17.4 Å². The van der Waals surface area contributed by atoms with Crippen LogP contribution in [0.2, 0.25) is 0 Å². The first-order chi connectivity index (χ1) is 8.21. The van der Waals surface area contributed by atoms with Gasteiger partial charge in [-0.3, -0.25) is 9.59 Å². The SMILES string of the molecule is NC(=O)C(Cc1cccc(C(F)(F)F)c1)C(N)=O. The van der Waals surface area contributed by atoms with E-state index in [1.54, 1.807) is 0 Å². The summed E-state index contributed by atoms with van der Waals surface area (Å²) in [7, 11) is 0. The van der Waals surface area contributed by atoms with Crippen LogP contribution < -0.4 is 11.5 Å². The van der Waals surface area contributed by atoms with Crippen LogP contribution in [-0.4, -0.2) is 11.8 Å². The predicted molar refractivity (Wildman–Crippen MR) is 57.0 cm³/mol. The summed E-state index contributed by atoms with van der Waals surface area (Å²) in [5, 5.41) is 0. The Morgan fingerprint density at radius 2 is 1.72 bits per heavy atom. The summed E-state index contributed by atoms with van der Waals surface area (Å²) in [4.78, 5) is 21.9. The molecule has 0 fully saturated rings. The highest BCUT2D eigenvalue weighted by molar-refractivity contribution is 5.99. The van der Waals surface area contributed by atoms with Gasteiger partial charge in [-0.25, -0.2) is 0 Å². The summed E-state index contributed by atoms with van der Waals surface area (Å²) >= 11 is 0. The molecule has 4 nitrogen and oxygen atoms in total. The van der Waals surface area contributed by atoms with Crippen LogP contribution in [0.3, 0.4) is 0 Å². The number of alkyl halides is 3. The molecule has 0 aliphatic rings. The van der Waals surface area contributed by atoms with Crippen LogP contribution in [-0.2, 0) is 22.2 Å². The third-order valence-electron chi connectivity index (χ3n) is 2.38. The predicted octanol–water partition coefficient (Wildman–Crippen LogP) is 0.835. The largest absolute Gasteiger partial charge is 0.416 e. The lowest BCUT2D eigenvalue weighted by molar-refractivity contribution is -0.137. The molecule has 0 aromatic heterocycles. The first-order valence-corrected chi connectivity index (χ1v) is 4.96. The van der Waals surface area contributed by atoms with Gasteiger partial charge in [-0.05, 0) is 18.1 Å². The maximum absolute atomic E-state index is 12.4. The van der Waals surface area contributed by atoms with Crippen molar-refractivity contribution < 1.29 is 22.8 Å². The fourth-order valence-electron chi connectivity index (χ4n) is 1.45. The van der Waals surface area contributed by atoms with Crippen molar-refractivity contribution in [2.45, 2.75) is 12.6 Å². The number of rotatable bonds is 4. The second kappa shape index (κ2) is 5.07. The van der Waals surface area contributed by atoms with Gasteiger partial charge in [0.2, 0.25) is 11.8 Å². The van der Waals surface area contributed by atoms with Gasteiger partial charge in [-0.15, -0.1) is 0 Å². The standard InChI is InChI=1S/C11H11F3N2O2/c12-11(13,14)7-3-1-2-6(4-7)5-8(9(15)17)10(16)18/h1-4,8H,5H2,(H2,15,17)(H2,16,18). The number of carbonyl (C=O) groups is 2. The molecule has 1 rings (SSSR count). The van der Waals surface area contributed by atoms with Crippen LogP contribution in [0.25, 0.3) is 0 Å². The van der Waals surface area contributed by atoms with Crippen molar-refractivity contribution in [1.29, 1.82) is 0 Å². The molecule has 0 aliphatic heterocycles. The number of halogens is 3. The highest BCUT2D eigenvalue weighted by atomic mass is 19.4. The number of nitrogens with two attached hydrogens (primary N) is 2. The van der Waals surface area contributed by atoms with Gasteiger partial charge < -0.3 is 11.5 Å². The normalized spacial score (nSPS) is 11.6. The molecule has 7 heteroatoms. The molecule has 2 amide bonds. The van der Waals surface area contributed by atoms with Gasteiger partial charge in [-0.1, -0.05) is 18.2 Å². The van der Waals surface area contributed by atoms with E-state index < -0.39 is 29.5 Å². The Morgan fingerprint density at radius 1 is 1.17 bits per heavy atom. The zero-order valence-corrected chi connectivity index (χ0v) is 9.20. The summed E-state index contributed by atoms with van der Waals surface area (Å²) in [6.45, 7) is 0. The Hall–Kier alpha value is -2.05. The van der Waals surface area contributed by atoms with Crippen molar-refractivity contribution in [3.63, 3.8) is 0 Å². The van der Waals surface area contributed by atoms with Gasteiger partial charge in [0.15, 0.2) is 0 Å². The lowest BCUT2D eigenvalue weighted by Gasteiger charge is -2.11. The van der Waals surface area contributed by atoms with Gasteiger partial charge in [0, 0.05) is 0 Å². The van der Waals surface area contributed by atoms with E-state index in [4.69, 9.17) is 11.5 Å².